The summed E-state index contributed by atoms with van der Waals surface area (Å²) in [5.41, 5.74) is 1.74. The molecule has 0 spiro atoms. The zero-order valence-corrected chi connectivity index (χ0v) is 10.4. The molecule has 1 aromatic rings. The molecule has 0 aliphatic heterocycles. The Kier molecular flexibility index (Phi) is 2.69. The van der Waals surface area contributed by atoms with Crippen molar-refractivity contribution < 1.29 is 0 Å². The first-order valence-corrected chi connectivity index (χ1v) is 6.23. The van der Waals surface area contributed by atoms with Gasteiger partial charge in [0.05, 0.1) is 0 Å². The molecular weight excluding hydrogens is 240 g/mol. The molecule has 1 aliphatic rings. The summed E-state index contributed by atoms with van der Waals surface area (Å²) in [6.45, 7) is 5.49. The molecule has 3 heteroatoms. The van der Waals surface area contributed by atoms with Gasteiger partial charge in [-0.3, -0.25) is 4.68 Å². The van der Waals surface area contributed by atoms with Crippen LogP contribution in [0.15, 0.2) is 12.3 Å². The summed E-state index contributed by atoms with van der Waals surface area (Å²) in [6, 6.07) is 2.18. The molecule has 2 nitrogen and oxygen atoms in total. The number of hydrogen-bond donors (Lipinski definition) is 0. The van der Waals surface area contributed by atoms with E-state index in [-0.39, 0.29) is 0 Å². The molecule has 2 atom stereocenters. The SMILES string of the molecule is CCn1nccc1C1(C)CCC(Br)C1. The van der Waals surface area contributed by atoms with Crippen LogP contribution in [0.1, 0.15) is 38.8 Å². The highest BCUT2D eigenvalue weighted by molar-refractivity contribution is 9.09. The largest absolute Gasteiger partial charge is 0.269 e. The Morgan fingerprint density at radius 3 is 3.07 bits per heavy atom. The number of hydrogen-bond acceptors (Lipinski definition) is 1. The third-order valence-electron chi connectivity index (χ3n) is 3.32. The molecule has 0 N–H and O–H groups in total. The van der Waals surface area contributed by atoms with E-state index < -0.39 is 0 Å². The average molecular weight is 257 g/mol. The Morgan fingerprint density at radius 1 is 1.71 bits per heavy atom. The first kappa shape index (κ1) is 10.2. The molecule has 78 valence electrons. The van der Waals surface area contributed by atoms with Gasteiger partial charge < -0.3 is 0 Å². The van der Waals surface area contributed by atoms with Crippen molar-refractivity contribution in [3.05, 3.63) is 18.0 Å². The van der Waals surface area contributed by atoms with Gasteiger partial charge in [-0.1, -0.05) is 22.9 Å². The highest BCUT2D eigenvalue weighted by Crippen LogP contribution is 2.43. The lowest BCUT2D eigenvalue weighted by Crippen LogP contribution is -2.22. The lowest BCUT2D eigenvalue weighted by atomic mass is 9.85. The molecule has 1 fully saturated rings. The molecule has 14 heavy (non-hydrogen) atoms. The van der Waals surface area contributed by atoms with Crippen molar-refractivity contribution in [3.8, 4) is 0 Å². The maximum atomic E-state index is 4.35. The third kappa shape index (κ3) is 1.62. The second-order valence-corrected chi connectivity index (χ2v) is 5.73. The van der Waals surface area contributed by atoms with E-state index in [9.17, 15) is 0 Å². The molecule has 0 amide bonds. The molecule has 1 aromatic heterocycles. The van der Waals surface area contributed by atoms with Crippen molar-refractivity contribution in [1.82, 2.24) is 9.78 Å². The van der Waals surface area contributed by atoms with Crippen molar-refractivity contribution in [2.75, 3.05) is 0 Å². The van der Waals surface area contributed by atoms with Crippen molar-refractivity contribution in [3.63, 3.8) is 0 Å². The molecule has 0 aromatic carbocycles. The summed E-state index contributed by atoms with van der Waals surface area (Å²) in [6.07, 6.45) is 5.71. The van der Waals surface area contributed by atoms with Crippen LogP contribution < -0.4 is 0 Å². The van der Waals surface area contributed by atoms with E-state index in [1.165, 1.54) is 25.0 Å². The molecule has 0 bridgehead atoms. The van der Waals surface area contributed by atoms with Crippen LogP contribution >= 0.6 is 15.9 Å². The molecule has 0 saturated heterocycles. The lowest BCUT2D eigenvalue weighted by Gasteiger charge is -2.24. The van der Waals surface area contributed by atoms with Crippen LogP contribution in [-0.4, -0.2) is 14.6 Å². The lowest BCUT2D eigenvalue weighted by molar-refractivity contribution is 0.436. The van der Waals surface area contributed by atoms with Gasteiger partial charge in [-0.25, -0.2) is 0 Å². The predicted octanol–water partition coefficient (Wildman–Crippen LogP) is 3.11. The summed E-state index contributed by atoms with van der Waals surface area (Å²) in [4.78, 5) is 0.688. The van der Waals surface area contributed by atoms with Crippen molar-refractivity contribution in [1.29, 1.82) is 0 Å². The topological polar surface area (TPSA) is 17.8 Å². The smallest absolute Gasteiger partial charge is 0.0492 e. The van der Waals surface area contributed by atoms with Gasteiger partial charge in [-0.05, 0) is 32.3 Å². The van der Waals surface area contributed by atoms with Crippen LogP contribution in [0.4, 0.5) is 0 Å². The highest BCUT2D eigenvalue weighted by Gasteiger charge is 2.37. The van der Waals surface area contributed by atoms with Gasteiger partial charge in [-0.2, -0.15) is 5.10 Å². The zero-order valence-electron chi connectivity index (χ0n) is 8.83. The van der Waals surface area contributed by atoms with Gasteiger partial charge in [-0.15, -0.1) is 0 Å². The number of nitrogens with zero attached hydrogens (tertiary/aromatic N) is 2. The Morgan fingerprint density at radius 2 is 2.50 bits per heavy atom. The molecule has 2 unspecified atom stereocenters. The molecule has 1 saturated carbocycles. The summed E-state index contributed by atoms with van der Waals surface area (Å²) >= 11 is 3.72. The average Bonchev–Trinajstić information content (AvgIpc) is 2.73. The van der Waals surface area contributed by atoms with E-state index in [1.807, 2.05) is 6.20 Å². The number of alkyl halides is 1. The minimum Gasteiger partial charge on any atom is -0.269 e. The van der Waals surface area contributed by atoms with E-state index >= 15 is 0 Å². The van der Waals surface area contributed by atoms with Crippen LogP contribution in [0.2, 0.25) is 0 Å². The zero-order chi connectivity index (χ0) is 10.2. The molecular formula is C11H17BrN2. The van der Waals surface area contributed by atoms with Gasteiger partial charge in [0.2, 0.25) is 0 Å². The van der Waals surface area contributed by atoms with E-state index in [2.05, 4.69) is 45.6 Å². The summed E-state index contributed by atoms with van der Waals surface area (Å²) in [5.74, 6) is 0. The highest BCUT2D eigenvalue weighted by atomic mass is 79.9. The normalized spacial score (nSPS) is 32.4. The maximum Gasteiger partial charge on any atom is 0.0492 e. The first-order chi connectivity index (χ1) is 6.65. The van der Waals surface area contributed by atoms with Crippen molar-refractivity contribution >= 4 is 15.9 Å². The van der Waals surface area contributed by atoms with Crippen LogP contribution in [0.3, 0.4) is 0 Å². The molecule has 2 rings (SSSR count). The van der Waals surface area contributed by atoms with Crippen LogP contribution in [0, 0.1) is 0 Å². The quantitative estimate of drug-likeness (QED) is 0.744. The van der Waals surface area contributed by atoms with Gasteiger partial charge in [0, 0.05) is 28.7 Å². The summed E-state index contributed by atoms with van der Waals surface area (Å²) < 4.78 is 2.13. The Balaban J connectivity index is 2.30. The minimum absolute atomic E-state index is 0.334. The Labute approximate surface area is 93.8 Å². The fourth-order valence-corrected chi connectivity index (χ4v) is 3.44. The van der Waals surface area contributed by atoms with Crippen LogP contribution in [-0.2, 0) is 12.0 Å². The number of aromatic nitrogens is 2. The fraction of sp³-hybridized carbons (Fsp3) is 0.727. The summed E-state index contributed by atoms with van der Waals surface area (Å²) in [5, 5.41) is 4.35. The Hall–Kier alpha value is -0.310. The van der Waals surface area contributed by atoms with E-state index in [4.69, 9.17) is 0 Å². The van der Waals surface area contributed by atoms with Crippen molar-refractivity contribution in [2.24, 2.45) is 0 Å². The molecule has 0 radical (unpaired) electrons. The van der Waals surface area contributed by atoms with Crippen molar-refractivity contribution in [2.45, 2.75) is 49.9 Å². The van der Waals surface area contributed by atoms with Gasteiger partial charge in [0.25, 0.3) is 0 Å². The van der Waals surface area contributed by atoms with Gasteiger partial charge >= 0.3 is 0 Å². The van der Waals surface area contributed by atoms with Gasteiger partial charge in [0.1, 0.15) is 0 Å². The van der Waals surface area contributed by atoms with Crippen LogP contribution in [0.25, 0.3) is 0 Å². The van der Waals surface area contributed by atoms with E-state index in [1.54, 1.807) is 0 Å². The standard InChI is InChI=1S/C11H17BrN2/c1-3-14-10(5-7-13-14)11(2)6-4-9(12)8-11/h5,7,9H,3-4,6,8H2,1-2H3. The third-order valence-corrected chi connectivity index (χ3v) is 4.10. The number of rotatable bonds is 2. The Bertz CT molecular complexity index is 321. The number of aryl methyl sites for hydroxylation is 1. The summed E-state index contributed by atoms with van der Waals surface area (Å²) in [7, 11) is 0. The molecule has 1 heterocycles. The maximum absolute atomic E-state index is 4.35. The van der Waals surface area contributed by atoms with Gasteiger partial charge in [0.15, 0.2) is 0 Å². The fourth-order valence-electron chi connectivity index (χ4n) is 2.50. The van der Waals surface area contributed by atoms with E-state index in [0.29, 0.717) is 10.2 Å². The molecule has 1 aliphatic carbocycles. The minimum atomic E-state index is 0.334. The monoisotopic (exact) mass is 256 g/mol. The predicted molar refractivity (Wildman–Crippen MR) is 61.8 cm³/mol. The number of halogens is 1. The second kappa shape index (κ2) is 3.69. The first-order valence-electron chi connectivity index (χ1n) is 5.32. The van der Waals surface area contributed by atoms with Crippen LogP contribution in [0.5, 0.6) is 0 Å². The second-order valence-electron chi connectivity index (χ2n) is 4.43. The van der Waals surface area contributed by atoms with E-state index in [0.717, 1.165) is 6.54 Å².